The van der Waals surface area contributed by atoms with Crippen LogP contribution in [0.15, 0.2) is 71.9 Å². The van der Waals surface area contributed by atoms with Crippen molar-refractivity contribution in [1.82, 2.24) is 10.6 Å². The first-order valence-electron chi connectivity index (χ1n) is 16.9. The number of hydrogen-bond acceptors (Lipinski definition) is 10. The monoisotopic (exact) mass is 703 g/mol. The number of esters is 1. The number of amidine groups is 1. The lowest BCUT2D eigenvalue weighted by atomic mass is 9.91. The molecule has 0 aromatic heterocycles. The number of carbonyl (C=O) groups excluding carboxylic acids is 3. The second-order valence-electron chi connectivity index (χ2n) is 14.5. The summed E-state index contributed by atoms with van der Waals surface area (Å²) in [5, 5.41) is 18.0. The van der Waals surface area contributed by atoms with Crippen LogP contribution in [-0.2, 0) is 20.9 Å². The van der Waals surface area contributed by atoms with E-state index in [1.807, 2.05) is 32.9 Å². The van der Waals surface area contributed by atoms with Crippen molar-refractivity contribution in [2.45, 2.75) is 103 Å². The Kier molecular flexibility index (Phi) is 12.5. The molecule has 51 heavy (non-hydrogen) atoms. The smallest absolute Gasteiger partial charge is 0.407 e. The minimum atomic E-state index is -0.924. The van der Waals surface area contributed by atoms with Gasteiger partial charge in [0.1, 0.15) is 41.1 Å². The number of carbonyl (C=O) groups is 3. The minimum Gasteiger partial charge on any atom is -0.489 e. The Morgan fingerprint density at radius 3 is 1.92 bits per heavy atom. The molecule has 7 N–H and O–H groups in total. The van der Waals surface area contributed by atoms with E-state index < -0.39 is 29.3 Å². The van der Waals surface area contributed by atoms with E-state index in [1.54, 1.807) is 75.4 Å². The maximum absolute atomic E-state index is 13.5. The number of rotatable bonds is 11. The third-order valence-corrected chi connectivity index (χ3v) is 7.82. The fraction of sp³-hybridized carbons (Fsp3) is 0.421. The van der Waals surface area contributed by atoms with E-state index in [-0.39, 0.29) is 30.4 Å². The summed E-state index contributed by atoms with van der Waals surface area (Å²) in [6.07, 6.45) is 2.33. The normalized spacial score (nSPS) is 17.1. The predicted molar refractivity (Wildman–Crippen MR) is 192 cm³/mol. The molecule has 1 aliphatic rings. The third kappa shape index (κ3) is 12.2. The first-order chi connectivity index (χ1) is 24.0. The molecule has 1 aliphatic carbocycles. The summed E-state index contributed by atoms with van der Waals surface area (Å²) in [6.45, 7) is 11.0. The number of benzene rings is 3. The maximum Gasteiger partial charge on any atom is 0.407 e. The van der Waals surface area contributed by atoms with Crippen molar-refractivity contribution in [1.29, 1.82) is 0 Å². The van der Waals surface area contributed by atoms with Crippen LogP contribution in [0.4, 0.5) is 4.79 Å². The highest BCUT2D eigenvalue weighted by Crippen LogP contribution is 2.29. The summed E-state index contributed by atoms with van der Waals surface area (Å²) in [5.74, 6) is 0.367. The molecule has 13 heteroatoms. The van der Waals surface area contributed by atoms with Gasteiger partial charge in [0.05, 0.1) is 0 Å². The number of hydrogen-bond donors (Lipinski definition) is 5. The van der Waals surface area contributed by atoms with Crippen LogP contribution in [0.1, 0.15) is 100 Å². The van der Waals surface area contributed by atoms with Crippen LogP contribution in [0.3, 0.4) is 0 Å². The number of ether oxygens (including phenoxy) is 4. The quantitative estimate of drug-likeness (QED) is 0.0515. The van der Waals surface area contributed by atoms with Gasteiger partial charge in [-0.2, -0.15) is 0 Å². The molecule has 0 spiro atoms. The van der Waals surface area contributed by atoms with E-state index >= 15 is 0 Å². The fourth-order valence-electron chi connectivity index (χ4n) is 5.35. The van der Waals surface area contributed by atoms with Crippen molar-refractivity contribution in [3.63, 3.8) is 0 Å². The largest absolute Gasteiger partial charge is 0.489 e. The van der Waals surface area contributed by atoms with Crippen molar-refractivity contribution in [3.05, 3.63) is 89.0 Å². The molecule has 2 amide bonds. The van der Waals surface area contributed by atoms with Crippen molar-refractivity contribution in [3.8, 4) is 17.2 Å². The van der Waals surface area contributed by atoms with Gasteiger partial charge in [-0.05, 0) is 115 Å². The molecule has 1 atom stereocenters. The Hall–Kier alpha value is -5.30. The van der Waals surface area contributed by atoms with Gasteiger partial charge in [-0.1, -0.05) is 29.4 Å². The Balaban J connectivity index is 1.45. The van der Waals surface area contributed by atoms with Crippen molar-refractivity contribution < 1.29 is 38.5 Å². The average molecular weight is 704 g/mol. The summed E-state index contributed by atoms with van der Waals surface area (Å²) < 4.78 is 23.0. The second-order valence-corrected chi connectivity index (χ2v) is 14.5. The van der Waals surface area contributed by atoms with Crippen LogP contribution in [0.25, 0.3) is 0 Å². The summed E-state index contributed by atoms with van der Waals surface area (Å²) in [5.41, 5.74) is 12.8. The number of alkyl carbamates (subject to hydrolysis) is 1. The fourth-order valence-corrected chi connectivity index (χ4v) is 5.35. The van der Waals surface area contributed by atoms with Crippen molar-refractivity contribution in [2.75, 3.05) is 0 Å². The van der Waals surface area contributed by atoms with Gasteiger partial charge in [-0.25, -0.2) is 9.59 Å². The van der Waals surface area contributed by atoms with E-state index in [0.717, 1.165) is 5.56 Å². The minimum absolute atomic E-state index is 0.0303. The van der Waals surface area contributed by atoms with Crippen LogP contribution >= 0.6 is 0 Å². The van der Waals surface area contributed by atoms with Crippen LogP contribution in [0.5, 0.6) is 17.2 Å². The van der Waals surface area contributed by atoms with Gasteiger partial charge in [0.25, 0.3) is 5.91 Å². The number of nitrogens with two attached hydrogens (primary N) is 2. The lowest BCUT2D eigenvalue weighted by Gasteiger charge is -2.30. The maximum atomic E-state index is 13.5. The molecule has 4 rings (SSSR count). The van der Waals surface area contributed by atoms with Crippen molar-refractivity contribution >= 4 is 23.8 Å². The van der Waals surface area contributed by atoms with Gasteiger partial charge < -0.3 is 46.3 Å². The average Bonchev–Trinajstić information content (AvgIpc) is 3.06. The Labute approximate surface area is 298 Å². The topological polar surface area (TPSA) is 197 Å². The SMILES string of the molecule is CC(C)(C)OC(=O)NC1CCC(NC(=O)c2cc(OCc3ccc(C(N)C(=O)OC(C)(C)C)cc3)cc(Oc3ccc(C(N)=NO)cc3)c2)CC1. The summed E-state index contributed by atoms with van der Waals surface area (Å²) >= 11 is 0. The first-order valence-corrected chi connectivity index (χ1v) is 16.9. The highest BCUT2D eigenvalue weighted by atomic mass is 16.6. The third-order valence-electron chi connectivity index (χ3n) is 7.82. The summed E-state index contributed by atoms with van der Waals surface area (Å²) in [4.78, 5) is 38.2. The van der Waals surface area contributed by atoms with Crippen LogP contribution in [0.2, 0.25) is 0 Å². The van der Waals surface area contributed by atoms with Gasteiger partial charge in [0.15, 0.2) is 5.84 Å². The molecular weight excluding hydrogens is 654 g/mol. The van der Waals surface area contributed by atoms with E-state index in [9.17, 15) is 14.4 Å². The van der Waals surface area contributed by atoms with Gasteiger partial charge >= 0.3 is 12.1 Å². The molecule has 0 radical (unpaired) electrons. The number of oxime groups is 1. The molecule has 274 valence electrons. The molecule has 0 heterocycles. The van der Waals surface area contributed by atoms with Gasteiger partial charge in [0.2, 0.25) is 0 Å². The van der Waals surface area contributed by atoms with Gasteiger partial charge in [-0.15, -0.1) is 0 Å². The first kappa shape index (κ1) is 38.5. The van der Waals surface area contributed by atoms with Crippen LogP contribution in [0, 0.1) is 0 Å². The molecule has 3 aromatic rings. The Morgan fingerprint density at radius 2 is 1.35 bits per heavy atom. The highest BCUT2D eigenvalue weighted by molar-refractivity contribution is 5.97. The standard InChI is InChI=1S/C38H49N5O8/c1-37(2,3)50-35(45)32(39)24-9-7-23(8-10-24)22-48-30-19-26(20-31(21-30)49-29-17-11-25(12-18-29)33(40)43-47)34(44)41-27-13-15-28(16-14-27)42-36(46)51-38(4,5)6/h7-12,17-21,27-28,32,47H,13-16,22,39H2,1-6H3,(H2,40,43)(H,41,44)(H,42,46). The zero-order chi connectivity index (χ0) is 37.3. The summed E-state index contributed by atoms with van der Waals surface area (Å²) in [6, 6.07) is 17.6. The van der Waals surface area contributed by atoms with E-state index in [0.29, 0.717) is 59.6 Å². The molecular formula is C38H49N5O8. The van der Waals surface area contributed by atoms with Crippen molar-refractivity contribution in [2.24, 2.45) is 16.6 Å². The van der Waals surface area contributed by atoms with Crippen LogP contribution < -0.4 is 31.6 Å². The number of nitrogens with one attached hydrogen (secondary N) is 2. The molecule has 3 aromatic carbocycles. The molecule has 0 bridgehead atoms. The lowest BCUT2D eigenvalue weighted by molar-refractivity contribution is -0.156. The summed E-state index contributed by atoms with van der Waals surface area (Å²) in [7, 11) is 0. The van der Waals surface area contributed by atoms with Crippen LogP contribution in [-0.4, -0.2) is 52.3 Å². The lowest BCUT2D eigenvalue weighted by Crippen LogP contribution is -2.45. The molecule has 1 fully saturated rings. The highest BCUT2D eigenvalue weighted by Gasteiger charge is 2.27. The van der Waals surface area contributed by atoms with E-state index in [2.05, 4.69) is 15.8 Å². The molecule has 13 nitrogen and oxygen atoms in total. The molecule has 1 saturated carbocycles. The second kappa shape index (κ2) is 16.6. The Bertz CT molecular complexity index is 1690. The molecule has 0 aliphatic heterocycles. The Morgan fingerprint density at radius 1 is 0.784 bits per heavy atom. The zero-order valence-electron chi connectivity index (χ0n) is 30.0. The van der Waals surface area contributed by atoms with Gasteiger partial charge in [-0.3, -0.25) is 4.79 Å². The zero-order valence-corrected chi connectivity index (χ0v) is 30.0. The van der Waals surface area contributed by atoms with E-state index in [4.69, 9.17) is 35.6 Å². The number of nitrogens with zero attached hydrogens (tertiary/aromatic N) is 1. The number of amides is 2. The molecule has 1 unspecified atom stereocenters. The van der Waals surface area contributed by atoms with Gasteiger partial charge in [0, 0.05) is 29.3 Å². The predicted octanol–water partition coefficient (Wildman–Crippen LogP) is 6.06. The van der Waals surface area contributed by atoms with E-state index in [1.165, 1.54) is 0 Å². The molecule has 0 saturated heterocycles.